The van der Waals surface area contributed by atoms with Crippen LogP contribution in [-0.4, -0.2) is 36.2 Å². The van der Waals surface area contributed by atoms with Crippen molar-refractivity contribution in [1.29, 1.82) is 0 Å². The summed E-state index contributed by atoms with van der Waals surface area (Å²) in [5.41, 5.74) is 1.35. The van der Waals surface area contributed by atoms with Gasteiger partial charge in [0.1, 0.15) is 0 Å². The second kappa shape index (κ2) is 11.4. The van der Waals surface area contributed by atoms with E-state index in [4.69, 9.17) is 23.2 Å². The van der Waals surface area contributed by atoms with Crippen molar-refractivity contribution in [2.24, 2.45) is 0 Å². The fraction of sp³-hybridized carbons (Fsp3) is 0.538. The van der Waals surface area contributed by atoms with Crippen molar-refractivity contribution >= 4 is 34.0 Å². The predicted octanol–water partition coefficient (Wildman–Crippen LogP) is 7.85. The van der Waals surface area contributed by atoms with Gasteiger partial charge in [0, 0.05) is 6.54 Å². The fourth-order valence-corrected chi connectivity index (χ4v) is 5.04. The topological polar surface area (TPSA) is 3.24 Å². The molecule has 1 unspecified atom stereocenters. The number of nitrogens with zero attached hydrogens (tertiary/aromatic N) is 2. The first-order valence-corrected chi connectivity index (χ1v) is 12.4. The lowest BCUT2D eigenvalue weighted by atomic mass is 10.1. The molecule has 2 aromatic rings. The molecule has 3 rings (SSSR count). The van der Waals surface area contributed by atoms with Crippen LogP contribution in [0.15, 0.2) is 52.8 Å². The summed E-state index contributed by atoms with van der Waals surface area (Å²) in [6, 6.07) is 15.3. The molecule has 1 atom stereocenters. The third kappa shape index (κ3) is 6.15. The Balaban J connectivity index is 1.45. The highest BCUT2D eigenvalue weighted by atomic mass is 35.5. The first kappa shape index (κ1) is 23.4. The first-order valence-electron chi connectivity index (χ1n) is 11.7. The molecule has 0 N–H and O–H groups in total. The Bertz CT molecular complexity index is 848. The highest BCUT2D eigenvalue weighted by molar-refractivity contribution is 6.38. The zero-order valence-electron chi connectivity index (χ0n) is 18.7. The average Bonchev–Trinajstić information content (AvgIpc) is 2.98. The Labute approximate surface area is 193 Å². The van der Waals surface area contributed by atoms with Crippen LogP contribution in [-0.2, 0) is 6.42 Å². The molecule has 0 aliphatic carbocycles. The molecule has 30 heavy (non-hydrogen) atoms. The monoisotopic (exact) mass is 447 g/mol. The molecule has 0 aromatic heterocycles. The molecule has 0 spiro atoms. The van der Waals surface area contributed by atoms with Gasteiger partial charge in [0.2, 0.25) is 5.16 Å². The van der Waals surface area contributed by atoms with Gasteiger partial charge in [0.15, 0.2) is 11.8 Å². The van der Waals surface area contributed by atoms with Crippen LogP contribution >= 0.6 is 23.2 Å². The van der Waals surface area contributed by atoms with E-state index in [2.05, 4.69) is 61.3 Å². The van der Waals surface area contributed by atoms with E-state index in [0.29, 0.717) is 0 Å². The second-order valence-corrected chi connectivity index (χ2v) is 9.73. The van der Waals surface area contributed by atoms with Crippen molar-refractivity contribution < 1.29 is 4.48 Å². The fourth-order valence-electron chi connectivity index (χ4n) is 4.44. The molecule has 1 heterocycles. The van der Waals surface area contributed by atoms with Crippen LogP contribution < -0.4 is 0 Å². The van der Waals surface area contributed by atoms with E-state index in [-0.39, 0.29) is 0 Å². The number of benzene rings is 2. The summed E-state index contributed by atoms with van der Waals surface area (Å²) in [7, 11) is 2.22. The Kier molecular flexibility index (Phi) is 8.92. The SMILES string of the molecule is CCCCCCCCCC[N+]1(C)CN(CCc2ccc3ccccc3c2)C(Cl)=C1Cl. The minimum Gasteiger partial charge on any atom is -0.309 e. The molecular formula is C26H37Cl2N2+. The van der Waals surface area contributed by atoms with Crippen LogP contribution in [0.3, 0.4) is 0 Å². The van der Waals surface area contributed by atoms with E-state index in [0.717, 1.165) is 41.0 Å². The molecule has 164 valence electrons. The molecule has 0 radical (unpaired) electrons. The molecule has 4 heteroatoms. The number of hydrogen-bond donors (Lipinski definition) is 0. The molecular weight excluding hydrogens is 411 g/mol. The molecule has 0 saturated heterocycles. The third-order valence-corrected chi connectivity index (χ3v) is 7.50. The first-order chi connectivity index (χ1) is 14.5. The molecule has 0 saturated carbocycles. The molecule has 2 nitrogen and oxygen atoms in total. The van der Waals surface area contributed by atoms with Gasteiger partial charge in [-0.25, -0.2) is 0 Å². The lowest BCUT2D eigenvalue weighted by molar-refractivity contribution is -0.867. The summed E-state index contributed by atoms with van der Waals surface area (Å²) < 4.78 is 0.744. The second-order valence-electron chi connectivity index (χ2n) is 9.01. The highest BCUT2D eigenvalue weighted by Gasteiger charge is 2.39. The summed E-state index contributed by atoms with van der Waals surface area (Å²) >= 11 is 13.3. The number of hydrogen-bond acceptors (Lipinski definition) is 1. The van der Waals surface area contributed by atoms with Crippen molar-refractivity contribution in [3.8, 4) is 0 Å². The Morgan fingerprint density at radius 2 is 1.53 bits per heavy atom. The van der Waals surface area contributed by atoms with Crippen LogP contribution in [0.25, 0.3) is 10.8 Å². The zero-order valence-corrected chi connectivity index (χ0v) is 20.2. The summed E-state index contributed by atoms with van der Waals surface area (Å²) in [5, 5.41) is 4.13. The van der Waals surface area contributed by atoms with Crippen LogP contribution in [0.5, 0.6) is 0 Å². The van der Waals surface area contributed by atoms with Crippen molar-refractivity contribution in [2.45, 2.75) is 64.7 Å². The van der Waals surface area contributed by atoms with E-state index < -0.39 is 0 Å². The Hall–Kier alpha value is -1.22. The maximum absolute atomic E-state index is 6.70. The van der Waals surface area contributed by atoms with Crippen molar-refractivity contribution in [1.82, 2.24) is 4.90 Å². The Morgan fingerprint density at radius 3 is 2.27 bits per heavy atom. The number of fused-ring (bicyclic) bond motifs is 1. The Morgan fingerprint density at radius 1 is 0.867 bits per heavy atom. The third-order valence-electron chi connectivity index (χ3n) is 6.39. The summed E-state index contributed by atoms with van der Waals surface area (Å²) in [6.07, 6.45) is 11.7. The number of quaternary nitrogens is 1. The molecule has 1 aliphatic heterocycles. The van der Waals surface area contributed by atoms with Gasteiger partial charge in [0.25, 0.3) is 0 Å². The van der Waals surface area contributed by atoms with Gasteiger partial charge in [-0.15, -0.1) is 0 Å². The lowest BCUT2D eigenvalue weighted by Gasteiger charge is -2.30. The molecule has 0 bridgehead atoms. The molecule has 1 aliphatic rings. The van der Waals surface area contributed by atoms with Crippen LogP contribution in [0.2, 0.25) is 0 Å². The normalized spacial score (nSPS) is 19.3. The van der Waals surface area contributed by atoms with Gasteiger partial charge in [-0.2, -0.15) is 0 Å². The molecule has 2 aromatic carbocycles. The maximum atomic E-state index is 6.70. The van der Waals surface area contributed by atoms with Crippen molar-refractivity contribution in [2.75, 3.05) is 26.8 Å². The quantitative estimate of drug-likeness (QED) is 0.182. The molecule has 0 amide bonds. The predicted molar refractivity (Wildman–Crippen MR) is 132 cm³/mol. The van der Waals surface area contributed by atoms with Crippen LogP contribution in [0.1, 0.15) is 63.9 Å². The lowest BCUT2D eigenvalue weighted by Crippen LogP contribution is -2.44. The van der Waals surface area contributed by atoms with Gasteiger partial charge >= 0.3 is 0 Å². The van der Waals surface area contributed by atoms with Gasteiger partial charge in [0.05, 0.1) is 13.6 Å². The van der Waals surface area contributed by atoms with Gasteiger partial charge in [-0.3, -0.25) is 4.48 Å². The van der Waals surface area contributed by atoms with Crippen LogP contribution in [0.4, 0.5) is 0 Å². The zero-order chi connectivity index (χ0) is 21.4. The van der Waals surface area contributed by atoms with E-state index in [1.165, 1.54) is 67.7 Å². The summed E-state index contributed by atoms with van der Waals surface area (Å²) in [4.78, 5) is 2.25. The average molecular weight is 449 g/mol. The van der Waals surface area contributed by atoms with Crippen molar-refractivity contribution in [3.05, 3.63) is 58.3 Å². The number of rotatable bonds is 12. The van der Waals surface area contributed by atoms with Crippen LogP contribution in [0, 0.1) is 0 Å². The highest BCUT2D eigenvalue weighted by Crippen LogP contribution is 2.35. The van der Waals surface area contributed by atoms with Gasteiger partial charge in [-0.1, -0.05) is 99.5 Å². The minimum atomic E-state index is 0.736. The molecule has 0 fully saturated rings. The van der Waals surface area contributed by atoms with Gasteiger partial charge < -0.3 is 4.90 Å². The van der Waals surface area contributed by atoms with E-state index >= 15 is 0 Å². The standard InChI is InChI=1S/C26H37Cl2N2/c1-3-4-5-6-7-8-9-12-19-30(2)21-29(25(27)26(30)28)18-17-22-15-16-23-13-10-11-14-24(23)20-22/h10-11,13-16,20H,3-9,12,17-19,21H2,1-2H3/q+1. The van der Waals surface area contributed by atoms with Crippen molar-refractivity contribution in [3.63, 3.8) is 0 Å². The summed E-state index contributed by atoms with van der Waals surface area (Å²) in [6.45, 7) is 5.12. The van der Waals surface area contributed by atoms with E-state index in [1.807, 2.05) is 0 Å². The van der Waals surface area contributed by atoms with Gasteiger partial charge in [-0.05, 0) is 47.2 Å². The maximum Gasteiger partial charge on any atom is 0.238 e. The van der Waals surface area contributed by atoms with E-state index in [9.17, 15) is 0 Å². The number of halogens is 2. The number of unbranched alkanes of at least 4 members (excludes halogenated alkanes) is 7. The minimum absolute atomic E-state index is 0.736. The smallest absolute Gasteiger partial charge is 0.238 e. The largest absolute Gasteiger partial charge is 0.309 e. The summed E-state index contributed by atoms with van der Waals surface area (Å²) in [5.74, 6) is 0. The van der Waals surface area contributed by atoms with E-state index in [1.54, 1.807) is 0 Å².